The van der Waals surface area contributed by atoms with Gasteiger partial charge in [-0.05, 0) is 37.1 Å². The Morgan fingerprint density at radius 3 is 2.68 bits per heavy atom. The number of aromatic nitrogens is 2. The van der Waals surface area contributed by atoms with Crippen LogP contribution in [0.2, 0.25) is 0 Å². The van der Waals surface area contributed by atoms with E-state index in [-0.39, 0.29) is 0 Å². The molecule has 0 saturated carbocycles. The van der Waals surface area contributed by atoms with Crippen LogP contribution >= 0.6 is 0 Å². The average Bonchev–Trinajstić information content (AvgIpc) is 3.06. The molecule has 6 heteroatoms. The first-order chi connectivity index (χ1) is 10.8. The molecule has 3 N–H and O–H groups in total. The first kappa shape index (κ1) is 15.9. The molecule has 0 unspecified atom stereocenters. The molecule has 0 atom stereocenters. The quantitative estimate of drug-likeness (QED) is 0.538. The summed E-state index contributed by atoms with van der Waals surface area (Å²) in [4.78, 5) is 4.52. The normalized spacial score (nSPS) is 11.3. The molecule has 1 aromatic carbocycles. The number of hydrogen-bond acceptors (Lipinski definition) is 3. The summed E-state index contributed by atoms with van der Waals surface area (Å²) >= 11 is 0. The Balaban J connectivity index is 1.81. The number of methoxy groups -OCH3 is 1. The van der Waals surface area contributed by atoms with Gasteiger partial charge >= 0.3 is 0 Å². The molecule has 0 fully saturated rings. The largest absolute Gasteiger partial charge is 0.497 e. The maximum absolute atomic E-state index is 5.16. The highest BCUT2D eigenvalue weighted by Crippen LogP contribution is 2.11. The van der Waals surface area contributed by atoms with E-state index in [2.05, 4.69) is 44.9 Å². The number of hydrogen-bond donors (Lipinski definition) is 3. The number of nitrogens with zero attached hydrogens (tertiary/aromatic N) is 2. The van der Waals surface area contributed by atoms with Crippen LogP contribution in [0.25, 0.3) is 0 Å². The van der Waals surface area contributed by atoms with E-state index < -0.39 is 0 Å². The van der Waals surface area contributed by atoms with Crippen LogP contribution in [0.15, 0.2) is 41.5 Å². The monoisotopic (exact) mass is 301 g/mol. The van der Waals surface area contributed by atoms with E-state index in [9.17, 15) is 0 Å². The van der Waals surface area contributed by atoms with Crippen LogP contribution in [0.4, 0.5) is 0 Å². The van der Waals surface area contributed by atoms with Crippen molar-refractivity contribution >= 4 is 5.96 Å². The van der Waals surface area contributed by atoms with Gasteiger partial charge < -0.3 is 15.4 Å². The Morgan fingerprint density at radius 2 is 2.05 bits per heavy atom. The zero-order valence-corrected chi connectivity index (χ0v) is 13.1. The highest BCUT2D eigenvalue weighted by molar-refractivity contribution is 5.79. The molecule has 118 valence electrons. The molecular weight excluding hydrogens is 278 g/mol. The average molecular weight is 301 g/mol. The molecule has 1 heterocycles. The molecule has 2 aromatic rings. The summed E-state index contributed by atoms with van der Waals surface area (Å²) in [5.41, 5.74) is 2.25. The van der Waals surface area contributed by atoms with E-state index >= 15 is 0 Å². The summed E-state index contributed by atoms with van der Waals surface area (Å²) in [6.45, 7) is 4.28. The number of benzene rings is 1. The standard InChI is InChI=1S/C16H23N5O/c1-3-17-16(19-12-14-9-11-20-21-14)18-10-8-13-4-6-15(22-2)7-5-13/h4-7,9,11H,3,8,10,12H2,1-2H3,(H,20,21)(H2,17,18,19). The van der Waals surface area contributed by atoms with Crippen LogP contribution in [-0.2, 0) is 13.0 Å². The molecule has 0 radical (unpaired) electrons. The summed E-state index contributed by atoms with van der Waals surface area (Å²) < 4.78 is 5.16. The second-order valence-corrected chi connectivity index (χ2v) is 4.80. The van der Waals surface area contributed by atoms with Gasteiger partial charge in [0.2, 0.25) is 0 Å². The number of nitrogens with one attached hydrogen (secondary N) is 3. The van der Waals surface area contributed by atoms with Crippen LogP contribution in [-0.4, -0.2) is 36.4 Å². The van der Waals surface area contributed by atoms with E-state index in [1.807, 2.05) is 18.2 Å². The van der Waals surface area contributed by atoms with Gasteiger partial charge in [-0.1, -0.05) is 12.1 Å². The maximum Gasteiger partial charge on any atom is 0.191 e. The number of H-pyrrole nitrogens is 1. The van der Waals surface area contributed by atoms with E-state index in [1.54, 1.807) is 13.3 Å². The topological polar surface area (TPSA) is 74.3 Å². The second-order valence-electron chi connectivity index (χ2n) is 4.80. The molecule has 0 aliphatic rings. The lowest BCUT2D eigenvalue weighted by atomic mass is 10.1. The summed E-state index contributed by atoms with van der Waals surface area (Å²) in [5.74, 6) is 1.69. The smallest absolute Gasteiger partial charge is 0.191 e. The van der Waals surface area contributed by atoms with Gasteiger partial charge in [-0.3, -0.25) is 5.10 Å². The van der Waals surface area contributed by atoms with Crippen molar-refractivity contribution in [3.8, 4) is 5.75 Å². The van der Waals surface area contributed by atoms with Gasteiger partial charge in [-0.2, -0.15) is 5.10 Å². The number of ether oxygens (including phenoxy) is 1. The van der Waals surface area contributed by atoms with Crippen LogP contribution in [0.3, 0.4) is 0 Å². The Bertz CT molecular complexity index is 563. The zero-order valence-electron chi connectivity index (χ0n) is 13.1. The molecule has 6 nitrogen and oxygen atoms in total. The molecule has 0 aliphatic carbocycles. The van der Waals surface area contributed by atoms with Crippen molar-refractivity contribution in [3.63, 3.8) is 0 Å². The van der Waals surface area contributed by atoms with Crippen molar-refractivity contribution < 1.29 is 4.74 Å². The lowest BCUT2D eigenvalue weighted by Gasteiger charge is -2.11. The van der Waals surface area contributed by atoms with Gasteiger partial charge in [0.05, 0.1) is 19.3 Å². The Morgan fingerprint density at radius 1 is 1.23 bits per heavy atom. The minimum atomic E-state index is 0.581. The van der Waals surface area contributed by atoms with E-state index in [0.717, 1.165) is 36.9 Å². The molecule has 1 aromatic heterocycles. The van der Waals surface area contributed by atoms with Crippen LogP contribution in [0.1, 0.15) is 18.2 Å². The Hall–Kier alpha value is -2.50. The zero-order chi connectivity index (χ0) is 15.6. The molecular formula is C16H23N5O. The maximum atomic E-state index is 5.16. The molecule has 0 amide bonds. The van der Waals surface area contributed by atoms with Crippen LogP contribution in [0, 0.1) is 0 Å². The number of guanidine groups is 1. The van der Waals surface area contributed by atoms with Gasteiger partial charge in [-0.15, -0.1) is 0 Å². The van der Waals surface area contributed by atoms with Crippen molar-refractivity contribution in [1.29, 1.82) is 0 Å². The number of aliphatic imine (C=N–C) groups is 1. The SMILES string of the molecule is CCNC(=NCc1ccn[nH]1)NCCc1ccc(OC)cc1. The predicted octanol–water partition coefficient (Wildman–Crippen LogP) is 1.72. The molecule has 0 spiro atoms. The summed E-state index contributed by atoms with van der Waals surface area (Å²) in [6.07, 6.45) is 2.66. The molecule has 0 saturated heterocycles. The van der Waals surface area contributed by atoms with Gasteiger partial charge in [-0.25, -0.2) is 4.99 Å². The third-order valence-electron chi connectivity index (χ3n) is 3.18. The van der Waals surface area contributed by atoms with Crippen molar-refractivity contribution in [2.75, 3.05) is 20.2 Å². The van der Waals surface area contributed by atoms with Gasteiger partial charge in [0.15, 0.2) is 5.96 Å². The van der Waals surface area contributed by atoms with Gasteiger partial charge in [0, 0.05) is 19.3 Å². The summed E-state index contributed by atoms with van der Waals surface area (Å²) in [6, 6.07) is 10.0. The van der Waals surface area contributed by atoms with Crippen molar-refractivity contribution in [2.24, 2.45) is 4.99 Å². The number of aromatic amines is 1. The molecule has 0 bridgehead atoms. The fourth-order valence-electron chi connectivity index (χ4n) is 2.00. The second kappa shape index (κ2) is 8.71. The fraction of sp³-hybridized carbons (Fsp3) is 0.375. The van der Waals surface area contributed by atoms with Crippen molar-refractivity contribution in [2.45, 2.75) is 19.9 Å². The molecule has 22 heavy (non-hydrogen) atoms. The first-order valence-electron chi connectivity index (χ1n) is 7.45. The van der Waals surface area contributed by atoms with E-state index in [0.29, 0.717) is 6.54 Å². The van der Waals surface area contributed by atoms with Gasteiger partial charge in [0.1, 0.15) is 5.75 Å². The predicted molar refractivity (Wildman–Crippen MR) is 88.1 cm³/mol. The minimum absolute atomic E-state index is 0.581. The lowest BCUT2D eigenvalue weighted by molar-refractivity contribution is 0.414. The van der Waals surface area contributed by atoms with Crippen molar-refractivity contribution in [1.82, 2.24) is 20.8 Å². The first-order valence-corrected chi connectivity index (χ1v) is 7.45. The highest BCUT2D eigenvalue weighted by Gasteiger charge is 1.99. The summed E-state index contributed by atoms with van der Waals surface area (Å²) in [5, 5.41) is 13.4. The van der Waals surface area contributed by atoms with Crippen LogP contribution < -0.4 is 15.4 Å². The highest BCUT2D eigenvalue weighted by atomic mass is 16.5. The Labute approximate surface area is 131 Å². The third-order valence-corrected chi connectivity index (χ3v) is 3.18. The molecule has 2 rings (SSSR count). The third kappa shape index (κ3) is 5.12. The lowest BCUT2D eigenvalue weighted by Crippen LogP contribution is -2.38. The molecule has 0 aliphatic heterocycles. The Kier molecular flexibility index (Phi) is 6.29. The van der Waals surface area contributed by atoms with Crippen molar-refractivity contribution in [3.05, 3.63) is 47.8 Å². The van der Waals surface area contributed by atoms with E-state index in [4.69, 9.17) is 4.74 Å². The minimum Gasteiger partial charge on any atom is -0.497 e. The van der Waals surface area contributed by atoms with Crippen LogP contribution in [0.5, 0.6) is 5.75 Å². The summed E-state index contributed by atoms with van der Waals surface area (Å²) in [7, 11) is 1.68. The number of rotatable bonds is 7. The fourth-order valence-corrected chi connectivity index (χ4v) is 2.00. The van der Waals surface area contributed by atoms with E-state index in [1.165, 1.54) is 5.56 Å². The van der Waals surface area contributed by atoms with Gasteiger partial charge in [0.25, 0.3) is 0 Å².